The maximum Gasteiger partial charge on any atom is 0.273 e. The quantitative estimate of drug-likeness (QED) is 0.167. The molecule has 41 heavy (non-hydrogen) atoms. The van der Waals surface area contributed by atoms with E-state index in [2.05, 4.69) is 10.6 Å². The second-order valence-corrected chi connectivity index (χ2v) is 11.0. The van der Waals surface area contributed by atoms with Crippen molar-refractivity contribution in [3.63, 3.8) is 0 Å². The average molecular weight is 605 g/mol. The number of hydrogen-bond acceptors (Lipinski definition) is 8. The molecule has 0 aliphatic carbocycles. The first-order valence-electron chi connectivity index (χ1n) is 12.3. The number of amides is 2. The summed E-state index contributed by atoms with van der Waals surface area (Å²) in [6, 6.07) is 13.9. The molecule has 0 unspecified atom stereocenters. The van der Waals surface area contributed by atoms with Crippen molar-refractivity contribution in [3.8, 4) is 5.75 Å². The summed E-state index contributed by atoms with van der Waals surface area (Å²) in [6.45, 7) is 1.51. The Labute approximate surface area is 242 Å². The molecular formula is C27H29ClN4O8S. The van der Waals surface area contributed by atoms with Crippen molar-refractivity contribution in [2.24, 2.45) is 0 Å². The fourth-order valence-corrected chi connectivity index (χ4v) is 5.47. The molecule has 2 amide bonds. The van der Waals surface area contributed by atoms with Gasteiger partial charge < -0.3 is 20.1 Å². The summed E-state index contributed by atoms with van der Waals surface area (Å²) in [4.78, 5) is 36.5. The van der Waals surface area contributed by atoms with Gasteiger partial charge in [-0.2, -0.15) is 0 Å². The van der Waals surface area contributed by atoms with E-state index in [-0.39, 0.29) is 33.3 Å². The topological polar surface area (TPSA) is 157 Å². The van der Waals surface area contributed by atoms with Gasteiger partial charge in [-0.05, 0) is 49.7 Å². The van der Waals surface area contributed by atoms with Gasteiger partial charge in [0.1, 0.15) is 12.3 Å². The third-order valence-corrected chi connectivity index (χ3v) is 7.91. The fraction of sp³-hybridized carbons (Fsp3) is 0.259. The lowest BCUT2D eigenvalue weighted by atomic mass is 10.1. The summed E-state index contributed by atoms with van der Waals surface area (Å²) in [5.74, 6) is -1.15. The normalized spacial score (nSPS) is 11.0. The number of carbonyl (C=O) groups excluding carboxylic acids is 2. The third kappa shape index (κ3) is 7.72. The van der Waals surface area contributed by atoms with Crippen LogP contribution >= 0.6 is 11.6 Å². The molecule has 0 aromatic heterocycles. The lowest BCUT2D eigenvalue weighted by Gasteiger charge is -2.26. The Bertz CT molecular complexity index is 1550. The fourth-order valence-electron chi connectivity index (χ4n) is 3.86. The highest BCUT2D eigenvalue weighted by atomic mass is 35.5. The van der Waals surface area contributed by atoms with Gasteiger partial charge in [0.15, 0.2) is 0 Å². The highest BCUT2D eigenvalue weighted by molar-refractivity contribution is 7.92. The van der Waals surface area contributed by atoms with E-state index in [0.29, 0.717) is 19.6 Å². The van der Waals surface area contributed by atoms with Crippen molar-refractivity contribution in [1.82, 2.24) is 5.32 Å². The van der Waals surface area contributed by atoms with E-state index < -0.39 is 43.9 Å². The van der Waals surface area contributed by atoms with E-state index in [4.69, 9.17) is 21.1 Å². The molecule has 3 rings (SSSR count). The molecule has 0 spiro atoms. The molecule has 0 atom stereocenters. The van der Waals surface area contributed by atoms with Crippen molar-refractivity contribution in [2.75, 3.05) is 43.5 Å². The number of nitro benzene ring substituents is 1. The van der Waals surface area contributed by atoms with Crippen molar-refractivity contribution in [2.45, 2.75) is 18.2 Å². The van der Waals surface area contributed by atoms with Crippen molar-refractivity contribution >= 4 is 50.5 Å². The number of halogens is 1. The molecule has 0 saturated carbocycles. The molecule has 0 aliphatic rings. The van der Waals surface area contributed by atoms with Crippen LogP contribution in [0.3, 0.4) is 0 Å². The van der Waals surface area contributed by atoms with E-state index in [0.717, 1.165) is 10.4 Å². The van der Waals surface area contributed by atoms with Crippen LogP contribution in [0.5, 0.6) is 5.75 Å². The number of nitrogens with one attached hydrogen (secondary N) is 2. The van der Waals surface area contributed by atoms with Gasteiger partial charge in [0.2, 0.25) is 5.91 Å². The van der Waals surface area contributed by atoms with Crippen LogP contribution in [0.4, 0.5) is 17.1 Å². The average Bonchev–Trinajstić information content (AvgIpc) is 2.94. The molecule has 2 N–H and O–H groups in total. The largest absolute Gasteiger partial charge is 0.495 e. The number of rotatable bonds is 13. The van der Waals surface area contributed by atoms with Gasteiger partial charge in [-0.15, -0.1) is 0 Å². The number of para-hydroxylation sites is 1. The van der Waals surface area contributed by atoms with Crippen LogP contribution in [0.2, 0.25) is 5.02 Å². The molecule has 0 bridgehead atoms. The Morgan fingerprint density at radius 1 is 1.07 bits per heavy atom. The lowest BCUT2D eigenvalue weighted by Crippen LogP contribution is -2.38. The van der Waals surface area contributed by atoms with Gasteiger partial charge in [0.25, 0.3) is 21.6 Å². The van der Waals surface area contributed by atoms with Crippen molar-refractivity contribution < 1.29 is 32.4 Å². The number of benzene rings is 3. The molecule has 3 aromatic carbocycles. The monoisotopic (exact) mass is 604 g/mol. The van der Waals surface area contributed by atoms with Crippen LogP contribution in [0.25, 0.3) is 0 Å². The number of aryl methyl sites for hydroxylation is 1. The van der Waals surface area contributed by atoms with Crippen LogP contribution in [0.15, 0.2) is 65.6 Å². The second kappa shape index (κ2) is 13.9. The molecule has 218 valence electrons. The minimum absolute atomic E-state index is 0.0671. The molecule has 0 fully saturated rings. The minimum atomic E-state index is -4.57. The van der Waals surface area contributed by atoms with E-state index in [1.54, 1.807) is 19.2 Å². The Morgan fingerprint density at radius 2 is 1.80 bits per heavy atom. The van der Waals surface area contributed by atoms with E-state index in [1.807, 2.05) is 0 Å². The number of hydrogen-bond donors (Lipinski definition) is 2. The van der Waals surface area contributed by atoms with Crippen LogP contribution in [0, 0.1) is 17.0 Å². The van der Waals surface area contributed by atoms with E-state index in [1.165, 1.54) is 56.5 Å². The summed E-state index contributed by atoms with van der Waals surface area (Å²) in [5.41, 5.74) is 0.113. The maximum absolute atomic E-state index is 13.9. The number of anilines is 2. The molecule has 0 heterocycles. The summed E-state index contributed by atoms with van der Waals surface area (Å²) in [6.07, 6.45) is 0.586. The summed E-state index contributed by atoms with van der Waals surface area (Å²) in [7, 11) is -1.70. The number of carbonyl (C=O) groups is 2. The first-order chi connectivity index (χ1) is 19.5. The Kier molecular flexibility index (Phi) is 10.6. The van der Waals surface area contributed by atoms with Gasteiger partial charge in [0, 0.05) is 36.9 Å². The summed E-state index contributed by atoms with van der Waals surface area (Å²) < 4.78 is 38.8. The zero-order valence-electron chi connectivity index (χ0n) is 22.5. The minimum Gasteiger partial charge on any atom is -0.495 e. The van der Waals surface area contributed by atoms with Gasteiger partial charge in [0.05, 0.1) is 33.9 Å². The van der Waals surface area contributed by atoms with Gasteiger partial charge in [-0.1, -0.05) is 29.8 Å². The number of nitro groups is 1. The number of ether oxygens (including phenoxy) is 2. The smallest absolute Gasteiger partial charge is 0.273 e. The maximum atomic E-state index is 13.9. The van der Waals surface area contributed by atoms with Gasteiger partial charge in [-0.3, -0.25) is 24.0 Å². The third-order valence-electron chi connectivity index (χ3n) is 5.92. The zero-order chi connectivity index (χ0) is 30.2. The number of methoxy groups -OCH3 is 2. The highest BCUT2D eigenvalue weighted by Gasteiger charge is 2.31. The highest BCUT2D eigenvalue weighted by Crippen LogP contribution is 2.36. The van der Waals surface area contributed by atoms with Crippen LogP contribution < -0.4 is 19.7 Å². The van der Waals surface area contributed by atoms with Crippen LogP contribution in [0.1, 0.15) is 22.3 Å². The molecule has 0 saturated heterocycles. The predicted octanol–water partition coefficient (Wildman–Crippen LogP) is 4.17. The van der Waals surface area contributed by atoms with E-state index >= 15 is 0 Å². The second-order valence-electron chi connectivity index (χ2n) is 8.73. The van der Waals surface area contributed by atoms with Crippen LogP contribution in [-0.4, -0.2) is 59.1 Å². The number of nitrogens with zero attached hydrogens (tertiary/aromatic N) is 2. The lowest BCUT2D eigenvalue weighted by molar-refractivity contribution is -0.385. The Morgan fingerprint density at radius 3 is 2.49 bits per heavy atom. The first-order valence-corrected chi connectivity index (χ1v) is 14.1. The van der Waals surface area contributed by atoms with Crippen LogP contribution in [-0.2, 0) is 19.6 Å². The van der Waals surface area contributed by atoms with E-state index in [9.17, 15) is 28.1 Å². The standard InChI is InChI=1S/C27H29ClN4O8S/c1-18-9-11-20(16-23(18)32(35)36)41(37,38)31(24-15-19(28)10-12-25(24)40-3)17-26(33)30-22-8-5-4-7-21(22)27(34)29-13-6-14-39-2/h4-5,7-12,15-16H,6,13-14,17H2,1-3H3,(H,29,34)(H,30,33). The predicted molar refractivity (Wildman–Crippen MR) is 154 cm³/mol. The zero-order valence-corrected chi connectivity index (χ0v) is 24.1. The molecular weight excluding hydrogens is 576 g/mol. The summed E-state index contributed by atoms with van der Waals surface area (Å²) >= 11 is 6.17. The Balaban J connectivity index is 2.00. The first kappa shape index (κ1) is 31.3. The van der Waals surface area contributed by atoms with Gasteiger partial charge >= 0.3 is 0 Å². The summed E-state index contributed by atoms with van der Waals surface area (Å²) in [5, 5.41) is 17.0. The number of sulfonamides is 1. The van der Waals surface area contributed by atoms with Crippen molar-refractivity contribution in [3.05, 3.63) is 86.9 Å². The molecule has 0 aliphatic heterocycles. The SMILES string of the molecule is COCCCNC(=O)c1ccccc1NC(=O)CN(c1cc(Cl)ccc1OC)S(=O)(=O)c1ccc(C)c([N+](=O)[O-])c1. The van der Waals surface area contributed by atoms with Crippen molar-refractivity contribution in [1.29, 1.82) is 0 Å². The molecule has 14 heteroatoms. The van der Waals surface area contributed by atoms with Gasteiger partial charge in [-0.25, -0.2) is 8.42 Å². The molecule has 12 nitrogen and oxygen atoms in total. The molecule has 3 aromatic rings. The molecule has 0 radical (unpaired) electrons. The Hall–Kier alpha value is -4.20.